The first-order valence-corrected chi connectivity index (χ1v) is 6.78. The molecule has 3 aromatic rings. The average Bonchev–Trinajstić information content (AvgIpc) is 2.93. The molecular weight excluding hydrogens is 264 g/mol. The van der Waals surface area contributed by atoms with Crippen molar-refractivity contribution in [1.29, 1.82) is 0 Å². The van der Waals surface area contributed by atoms with Crippen LogP contribution in [-0.4, -0.2) is 16.1 Å². The molecule has 0 saturated heterocycles. The second kappa shape index (κ2) is 5.32. The lowest BCUT2D eigenvalue weighted by atomic mass is 10.1. The zero-order valence-corrected chi connectivity index (χ0v) is 11.7. The number of benzene rings is 2. The van der Waals surface area contributed by atoms with Crippen LogP contribution in [-0.2, 0) is 6.54 Å². The molecule has 0 fully saturated rings. The van der Waals surface area contributed by atoms with Crippen LogP contribution >= 0.6 is 0 Å². The Bertz CT molecular complexity index is 805. The molecular formula is C17H16N2O2. The molecule has 1 aromatic heterocycles. The van der Waals surface area contributed by atoms with Crippen molar-refractivity contribution in [3.8, 4) is 0 Å². The molecule has 0 atom stereocenters. The normalized spacial score (nSPS) is 10.7. The topological polar surface area (TPSA) is 65.1 Å². The maximum Gasteiger partial charge on any atom is 0.336 e. The molecule has 1 heterocycles. The Hall–Kier alpha value is -2.75. The fourth-order valence-corrected chi connectivity index (χ4v) is 2.47. The van der Waals surface area contributed by atoms with Gasteiger partial charge < -0.3 is 15.4 Å². The third-order valence-corrected chi connectivity index (χ3v) is 3.66. The van der Waals surface area contributed by atoms with Gasteiger partial charge in [0.1, 0.15) is 0 Å². The number of carboxylic acid groups (broad SMARTS) is 1. The van der Waals surface area contributed by atoms with Crippen LogP contribution in [0.2, 0.25) is 0 Å². The third kappa shape index (κ3) is 2.60. The van der Waals surface area contributed by atoms with Gasteiger partial charge in [0.25, 0.3) is 0 Å². The summed E-state index contributed by atoms with van der Waals surface area (Å²) in [5.74, 6) is -0.898. The molecule has 0 aliphatic carbocycles. The number of carbonyl (C=O) groups is 1. The number of rotatable bonds is 4. The van der Waals surface area contributed by atoms with Crippen molar-refractivity contribution in [2.24, 2.45) is 0 Å². The summed E-state index contributed by atoms with van der Waals surface area (Å²) in [4.78, 5) is 14.3. The lowest BCUT2D eigenvalue weighted by Crippen LogP contribution is -2.05. The smallest absolute Gasteiger partial charge is 0.336 e. The van der Waals surface area contributed by atoms with Gasteiger partial charge in [0.15, 0.2) is 0 Å². The number of aromatic nitrogens is 1. The van der Waals surface area contributed by atoms with Crippen molar-refractivity contribution >= 4 is 22.6 Å². The summed E-state index contributed by atoms with van der Waals surface area (Å²) in [6, 6.07) is 13.5. The molecule has 4 heteroatoms. The molecule has 3 rings (SSSR count). The second-order valence-corrected chi connectivity index (χ2v) is 5.04. The molecule has 0 amide bonds. The number of carboxylic acids is 1. The summed E-state index contributed by atoms with van der Waals surface area (Å²) in [5, 5.41) is 13.6. The number of aromatic carboxylic acids is 1. The summed E-state index contributed by atoms with van der Waals surface area (Å²) in [7, 11) is 0. The Morgan fingerprint density at radius 1 is 1.24 bits per heavy atom. The van der Waals surface area contributed by atoms with Crippen molar-refractivity contribution in [2.45, 2.75) is 13.5 Å². The van der Waals surface area contributed by atoms with Crippen LogP contribution in [0, 0.1) is 6.92 Å². The predicted molar refractivity (Wildman–Crippen MR) is 83.8 cm³/mol. The van der Waals surface area contributed by atoms with E-state index in [1.807, 2.05) is 31.3 Å². The zero-order chi connectivity index (χ0) is 14.8. The minimum Gasteiger partial charge on any atom is -0.478 e. The zero-order valence-electron chi connectivity index (χ0n) is 11.7. The quantitative estimate of drug-likeness (QED) is 0.681. The lowest BCUT2D eigenvalue weighted by Gasteiger charge is -2.11. The van der Waals surface area contributed by atoms with Crippen molar-refractivity contribution in [2.75, 3.05) is 5.32 Å². The highest BCUT2D eigenvalue weighted by Crippen LogP contribution is 2.21. The summed E-state index contributed by atoms with van der Waals surface area (Å²) in [6.07, 6.45) is 1.92. The Balaban J connectivity index is 1.81. The highest BCUT2D eigenvalue weighted by Gasteiger charge is 2.09. The minimum atomic E-state index is -0.898. The van der Waals surface area contributed by atoms with Gasteiger partial charge in [-0.3, -0.25) is 0 Å². The van der Waals surface area contributed by atoms with E-state index < -0.39 is 5.97 Å². The molecule has 21 heavy (non-hydrogen) atoms. The average molecular weight is 280 g/mol. The van der Waals surface area contributed by atoms with E-state index in [9.17, 15) is 4.79 Å². The summed E-state index contributed by atoms with van der Waals surface area (Å²) in [5.41, 5.74) is 4.21. The molecule has 0 unspecified atom stereocenters. The standard InChI is InChI=1S/C17H16N2O2/c1-11-14(17(20)21)3-2-4-15(11)19-10-12-5-6-16-13(9-12)7-8-18-16/h2-9,18-19H,10H2,1H3,(H,20,21). The maximum absolute atomic E-state index is 11.1. The fourth-order valence-electron chi connectivity index (χ4n) is 2.47. The number of H-pyrrole nitrogens is 1. The maximum atomic E-state index is 11.1. The molecule has 0 aliphatic rings. The number of aromatic amines is 1. The first kappa shape index (κ1) is 13.2. The van der Waals surface area contributed by atoms with Gasteiger partial charge in [-0.25, -0.2) is 4.79 Å². The molecule has 4 nitrogen and oxygen atoms in total. The Kier molecular flexibility index (Phi) is 3.36. The van der Waals surface area contributed by atoms with Gasteiger partial charge in [0.05, 0.1) is 5.56 Å². The summed E-state index contributed by atoms with van der Waals surface area (Å²) in [6.45, 7) is 2.48. The van der Waals surface area contributed by atoms with Crippen LogP contribution in [0.4, 0.5) is 5.69 Å². The van der Waals surface area contributed by atoms with Gasteiger partial charge in [-0.05, 0) is 53.8 Å². The van der Waals surface area contributed by atoms with Crippen LogP contribution in [0.1, 0.15) is 21.5 Å². The molecule has 2 aromatic carbocycles. The first-order valence-electron chi connectivity index (χ1n) is 6.78. The van der Waals surface area contributed by atoms with E-state index in [1.165, 1.54) is 5.39 Å². The second-order valence-electron chi connectivity index (χ2n) is 5.04. The van der Waals surface area contributed by atoms with E-state index in [0.717, 1.165) is 22.3 Å². The lowest BCUT2D eigenvalue weighted by molar-refractivity contribution is 0.0696. The Morgan fingerprint density at radius 2 is 2.10 bits per heavy atom. The van der Waals surface area contributed by atoms with Gasteiger partial charge in [0.2, 0.25) is 0 Å². The van der Waals surface area contributed by atoms with Crippen molar-refractivity contribution in [3.05, 3.63) is 65.4 Å². The van der Waals surface area contributed by atoms with E-state index in [4.69, 9.17) is 5.11 Å². The SMILES string of the molecule is Cc1c(NCc2ccc3[nH]ccc3c2)cccc1C(=O)O. The Labute approximate surface area is 122 Å². The Morgan fingerprint density at radius 3 is 2.90 bits per heavy atom. The number of hydrogen-bond acceptors (Lipinski definition) is 2. The number of nitrogens with one attached hydrogen (secondary N) is 2. The molecule has 0 bridgehead atoms. The largest absolute Gasteiger partial charge is 0.478 e. The molecule has 0 spiro atoms. The van der Waals surface area contributed by atoms with Gasteiger partial charge in [-0.15, -0.1) is 0 Å². The van der Waals surface area contributed by atoms with Crippen molar-refractivity contribution < 1.29 is 9.90 Å². The van der Waals surface area contributed by atoms with E-state index in [-0.39, 0.29) is 0 Å². The fraction of sp³-hybridized carbons (Fsp3) is 0.118. The van der Waals surface area contributed by atoms with E-state index in [1.54, 1.807) is 12.1 Å². The van der Waals surface area contributed by atoms with Crippen LogP contribution < -0.4 is 5.32 Å². The van der Waals surface area contributed by atoms with Gasteiger partial charge in [-0.2, -0.15) is 0 Å². The van der Waals surface area contributed by atoms with Gasteiger partial charge >= 0.3 is 5.97 Å². The summed E-state index contributed by atoms with van der Waals surface area (Å²) >= 11 is 0. The monoisotopic (exact) mass is 280 g/mol. The van der Waals surface area contributed by atoms with Gasteiger partial charge in [-0.1, -0.05) is 12.1 Å². The van der Waals surface area contributed by atoms with Crippen LogP contribution in [0.3, 0.4) is 0 Å². The number of anilines is 1. The highest BCUT2D eigenvalue weighted by molar-refractivity contribution is 5.91. The van der Waals surface area contributed by atoms with Gasteiger partial charge in [0, 0.05) is 23.9 Å². The van der Waals surface area contributed by atoms with Crippen molar-refractivity contribution in [3.63, 3.8) is 0 Å². The number of hydrogen-bond donors (Lipinski definition) is 3. The predicted octanol–water partition coefficient (Wildman–Crippen LogP) is 3.79. The first-order chi connectivity index (χ1) is 10.1. The van der Waals surface area contributed by atoms with Crippen LogP contribution in [0.15, 0.2) is 48.7 Å². The van der Waals surface area contributed by atoms with Crippen molar-refractivity contribution in [1.82, 2.24) is 4.98 Å². The molecule has 3 N–H and O–H groups in total. The third-order valence-electron chi connectivity index (χ3n) is 3.66. The van der Waals surface area contributed by atoms with E-state index in [2.05, 4.69) is 22.4 Å². The van der Waals surface area contributed by atoms with E-state index >= 15 is 0 Å². The van der Waals surface area contributed by atoms with Crippen LogP contribution in [0.5, 0.6) is 0 Å². The molecule has 106 valence electrons. The minimum absolute atomic E-state index is 0.334. The molecule has 0 saturated carbocycles. The summed E-state index contributed by atoms with van der Waals surface area (Å²) < 4.78 is 0. The van der Waals surface area contributed by atoms with Crippen LogP contribution in [0.25, 0.3) is 10.9 Å². The highest BCUT2D eigenvalue weighted by atomic mass is 16.4. The van der Waals surface area contributed by atoms with E-state index in [0.29, 0.717) is 12.1 Å². The molecule has 0 radical (unpaired) electrons. The number of fused-ring (bicyclic) bond motifs is 1. The molecule has 0 aliphatic heterocycles.